The largest absolute Gasteiger partial charge is 0.462 e. The zero-order valence-corrected chi connectivity index (χ0v) is 14.1. The van der Waals surface area contributed by atoms with E-state index in [4.69, 9.17) is 9.47 Å². The lowest BCUT2D eigenvalue weighted by Gasteiger charge is -2.06. The van der Waals surface area contributed by atoms with Gasteiger partial charge in [-0.05, 0) is 30.2 Å². The molecule has 4 nitrogen and oxygen atoms in total. The third kappa shape index (κ3) is 6.47. The number of carbonyl (C=O) groups excluding carboxylic acids is 2. The van der Waals surface area contributed by atoms with Gasteiger partial charge in [0, 0.05) is 5.57 Å². The maximum atomic E-state index is 11.7. The normalized spacial score (nSPS) is 10.4. The predicted octanol–water partition coefficient (Wildman–Crippen LogP) is 4.27. The van der Waals surface area contributed by atoms with Gasteiger partial charge in [-0.2, -0.15) is 0 Å². The highest BCUT2D eigenvalue weighted by molar-refractivity contribution is 5.87. The van der Waals surface area contributed by atoms with Crippen molar-refractivity contribution in [2.45, 2.75) is 13.3 Å². The summed E-state index contributed by atoms with van der Waals surface area (Å²) in [5, 5.41) is 0. The van der Waals surface area contributed by atoms with Gasteiger partial charge in [-0.25, -0.2) is 4.79 Å². The van der Waals surface area contributed by atoms with Crippen LogP contribution in [-0.4, -0.2) is 18.5 Å². The summed E-state index contributed by atoms with van der Waals surface area (Å²) in [6.45, 7) is 4.99. The van der Waals surface area contributed by atoms with Crippen LogP contribution in [0.5, 0.6) is 5.75 Å². The second kappa shape index (κ2) is 9.23. The number of rotatable bonds is 7. The molecule has 0 unspecified atom stereocenters. The summed E-state index contributed by atoms with van der Waals surface area (Å²) >= 11 is 0. The van der Waals surface area contributed by atoms with Gasteiger partial charge in [0.25, 0.3) is 0 Å². The topological polar surface area (TPSA) is 52.6 Å². The Kier molecular flexibility index (Phi) is 6.72. The first-order valence-electron chi connectivity index (χ1n) is 7.91. The highest BCUT2D eigenvalue weighted by atomic mass is 16.5. The first kappa shape index (κ1) is 18.2. The lowest BCUT2D eigenvalue weighted by atomic mass is 10.1. The minimum Gasteiger partial charge on any atom is -0.462 e. The average molecular weight is 336 g/mol. The second-order valence-electron chi connectivity index (χ2n) is 5.45. The molecule has 0 spiro atoms. The molecule has 2 rings (SSSR count). The first-order valence-corrected chi connectivity index (χ1v) is 7.91. The van der Waals surface area contributed by atoms with Crippen molar-refractivity contribution in [3.05, 3.63) is 77.9 Å². The first-order chi connectivity index (χ1) is 12.0. The maximum absolute atomic E-state index is 11.7. The molecule has 0 aliphatic carbocycles. The molecule has 0 amide bonds. The summed E-state index contributed by atoms with van der Waals surface area (Å²) in [6.07, 6.45) is 3.99. The Bertz CT molecular complexity index is 758. The van der Waals surface area contributed by atoms with E-state index in [0.29, 0.717) is 11.3 Å². The van der Waals surface area contributed by atoms with Crippen LogP contribution >= 0.6 is 0 Å². The molecule has 0 heterocycles. The Hall–Kier alpha value is -3.14. The molecule has 0 aliphatic heterocycles. The summed E-state index contributed by atoms with van der Waals surface area (Å²) in [7, 11) is 0. The molecule has 25 heavy (non-hydrogen) atoms. The SMILES string of the molecule is C=C(C)C(=O)OCCC(=O)Oc1ccc(C=Cc2ccccc2)cc1. The molecule has 0 atom stereocenters. The van der Waals surface area contributed by atoms with Crippen LogP contribution in [0.25, 0.3) is 12.2 Å². The van der Waals surface area contributed by atoms with Crippen LogP contribution in [0.2, 0.25) is 0 Å². The molecule has 0 fully saturated rings. The minimum absolute atomic E-state index is 0.00528. The molecule has 0 saturated carbocycles. The second-order valence-corrected chi connectivity index (χ2v) is 5.45. The van der Waals surface area contributed by atoms with Crippen molar-refractivity contribution in [2.24, 2.45) is 0 Å². The highest BCUT2D eigenvalue weighted by Crippen LogP contribution is 2.15. The van der Waals surface area contributed by atoms with Gasteiger partial charge in [0.1, 0.15) is 12.4 Å². The van der Waals surface area contributed by atoms with Crippen LogP contribution in [0.15, 0.2) is 66.7 Å². The van der Waals surface area contributed by atoms with Gasteiger partial charge < -0.3 is 9.47 Å². The van der Waals surface area contributed by atoms with Gasteiger partial charge in [0.2, 0.25) is 0 Å². The number of esters is 2. The molecular formula is C21H20O4. The Morgan fingerprint density at radius 2 is 1.56 bits per heavy atom. The van der Waals surface area contributed by atoms with E-state index >= 15 is 0 Å². The number of carbonyl (C=O) groups is 2. The lowest BCUT2D eigenvalue weighted by Crippen LogP contribution is -2.14. The molecule has 0 aliphatic rings. The Morgan fingerprint density at radius 1 is 0.960 bits per heavy atom. The van der Waals surface area contributed by atoms with E-state index in [2.05, 4.69) is 6.58 Å². The summed E-state index contributed by atoms with van der Waals surface area (Å²) < 4.78 is 10.1. The van der Waals surface area contributed by atoms with Gasteiger partial charge in [-0.15, -0.1) is 0 Å². The van der Waals surface area contributed by atoms with Crippen LogP contribution in [0.4, 0.5) is 0 Å². The Labute approximate surface area is 147 Å². The van der Waals surface area contributed by atoms with E-state index in [1.54, 1.807) is 19.1 Å². The fraction of sp³-hybridized carbons (Fsp3) is 0.143. The van der Waals surface area contributed by atoms with E-state index in [1.165, 1.54) is 0 Å². The summed E-state index contributed by atoms with van der Waals surface area (Å²) in [5.74, 6) is -0.516. The van der Waals surface area contributed by atoms with Crippen LogP contribution in [-0.2, 0) is 14.3 Å². The van der Waals surface area contributed by atoms with E-state index < -0.39 is 11.9 Å². The lowest BCUT2D eigenvalue weighted by molar-refractivity contribution is -0.142. The van der Waals surface area contributed by atoms with Crippen LogP contribution in [0, 0.1) is 0 Å². The van der Waals surface area contributed by atoms with Gasteiger partial charge in [-0.3, -0.25) is 4.79 Å². The van der Waals surface area contributed by atoms with E-state index in [-0.39, 0.29) is 13.0 Å². The van der Waals surface area contributed by atoms with Crippen molar-refractivity contribution in [1.82, 2.24) is 0 Å². The summed E-state index contributed by atoms with van der Waals surface area (Å²) in [4.78, 5) is 22.9. The molecule has 0 radical (unpaired) electrons. The standard InChI is InChI=1S/C21H20O4/c1-16(2)21(23)24-15-14-20(22)25-19-12-10-18(11-13-19)9-8-17-6-4-3-5-7-17/h3-13H,1,14-15H2,2H3. The van der Waals surface area contributed by atoms with Crippen molar-refractivity contribution >= 4 is 24.1 Å². The average Bonchev–Trinajstić information content (AvgIpc) is 2.62. The number of hydrogen-bond acceptors (Lipinski definition) is 4. The molecule has 0 N–H and O–H groups in total. The smallest absolute Gasteiger partial charge is 0.333 e. The van der Waals surface area contributed by atoms with E-state index in [0.717, 1.165) is 11.1 Å². The van der Waals surface area contributed by atoms with Gasteiger partial charge in [0.05, 0.1) is 6.42 Å². The Morgan fingerprint density at radius 3 is 2.16 bits per heavy atom. The maximum Gasteiger partial charge on any atom is 0.333 e. The quantitative estimate of drug-likeness (QED) is 0.328. The molecule has 2 aromatic carbocycles. The van der Waals surface area contributed by atoms with Crippen molar-refractivity contribution in [3.8, 4) is 5.75 Å². The fourth-order valence-corrected chi connectivity index (χ4v) is 1.94. The van der Waals surface area contributed by atoms with Crippen LogP contribution in [0.1, 0.15) is 24.5 Å². The third-order valence-corrected chi connectivity index (χ3v) is 3.27. The van der Waals surface area contributed by atoms with Crippen molar-refractivity contribution in [3.63, 3.8) is 0 Å². The number of benzene rings is 2. The molecule has 0 aromatic heterocycles. The molecular weight excluding hydrogens is 316 g/mol. The molecule has 2 aromatic rings. The Balaban J connectivity index is 1.81. The molecule has 128 valence electrons. The molecule has 0 bridgehead atoms. The van der Waals surface area contributed by atoms with Crippen LogP contribution < -0.4 is 4.74 Å². The van der Waals surface area contributed by atoms with Crippen molar-refractivity contribution in [1.29, 1.82) is 0 Å². The zero-order chi connectivity index (χ0) is 18.1. The predicted molar refractivity (Wildman–Crippen MR) is 97.8 cm³/mol. The van der Waals surface area contributed by atoms with E-state index in [9.17, 15) is 9.59 Å². The van der Waals surface area contributed by atoms with E-state index in [1.807, 2.05) is 54.6 Å². The van der Waals surface area contributed by atoms with Crippen molar-refractivity contribution in [2.75, 3.05) is 6.61 Å². The number of ether oxygens (including phenoxy) is 2. The molecule has 0 saturated heterocycles. The fourth-order valence-electron chi connectivity index (χ4n) is 1.94. The monoisotopic (exact) mass is 336 g/mol. The summed E-state index contributed by atoms with van der Waals surface area (Å²) in [5.41, 5.74) is 2.41. The molecule has 4 heteroatoms. The van der Waals surface area contributed by atoms with Gasteiger partial charge >= 0.3 is 11.9 Å². The zero-order valence-electron chi connectivity index (χ0n) is 14.1. The van der Waals surface area contributed by atoms with Crippen LogP contribution in [0.3, 0.4) is 0 Å². The summed E-state index contributed by atoms with van der Waals surface area (Å²) in [6, 6.07) is 17.2. The van der Waals surface area contributed by atoms with Gasteiger partial charge in [0.15, 0.2) is 0 Å². The number of hydrogen-bond donors (Lipinski definition) is 0. The third-order valence-electron chi connectivity index (χ3n) is 3.27. The minimum atomic E-state index is -0.512. The van der Waals surface area contributed by atoms with Gasteiger partial charge in [-0.1, -0.05) is 61.2 Å². The van der Waals surface area contributed by atoms with Crippen molar-refractivity contribution < 1.29 is 19.1 Å². The highest BCUT2D eigenvalue weighted by Gasteiger charge is 2.08.